The molecule has 1 spiro atoms. The zero-order chi connectivity index (χ0) is 13.1. The molecule has 2 aliphatic heterocycles. The monoisotopic (exact) mass is 274 g/mol. The Morgan fingerprint density at radius 3 is 2.06 bits per heavy atom. The van der Waals surface area contributed by atoms with Gasteiger partial charge in [0.05, 0.1) is 0 Å². The molecule has 0 aromatic heterocycles. The molecule has 0 aromatic rings. The van der Waals surface area contributed by atoms with Crippen LogP contribution in [-0.4, -0.2) is 70.6 Å². The van der Waals surface area contributed by atoms with Crippen molar-refractivity contribution in [1.82, 2.24) is 0 Å². The molecule has 2 fully saturated rings. The van der Waals surface area contributed by atoms with Crippen molar-refractivity contribution in [2.45, 2.75) is 30.1 Å². The number of ether oxygens (including phenoxy) is 1. The average molecular weight is 274 g/mol. The van der Waals surface area contributed by atoms with E-state index < -0.39 is 47.1 Å². The first-order valence-electron chi connectivity index (χ1n) is 4.40. The lowest BCUT2D eigenvalue weighted by Gasteiger charge is -2.52. The third-order valence-corrected chi connectivity index (χ3v) is 3.33. The Hall–Kier alpha value is -0.370. The van der Waals surface area contributed by atoms with E-state index in [0.29, 0.717) is 0 Å². The summed E-state index contributed by atoms with van der Waals surface area (Å²) in [5, 5.41) is 46.5. The fourth-order valence-electron chi connectivity index (χ4n) is 1.56. The van der Waals surface area contributed by atoms with Gasteiger partial charge in [0.2, 0.25) is 5.79 Å². The second kappa shape index (κ2) is 3.57. The van der Waals surface area contributed by atoms with Crippen LogP contribution in [0.1, 0.15) is 0 Å². The maximum absolute atomic E-state index is 10.7. The van der Waals surface area contributed by atoms with Crippen LogP contribution in [0.4, 0.5) is 0 Å². The van der Waals surface area contributed by atoms with Gasteiger partial charge >= 0.3 is 16.4 Å². The molecule has 0 amide bonds. The van der Waals surface area contributed by atoms with E-state index in [1.165, 1.54) is 0 Å². The van der Waals surface area contributed by atoms with Gasteiger partial charge in [-0.2, -0.15) is 16.8 Å². The molecule has 0 aromatic carbocycles. The van der Waals surface area contributed by atoms with E-state index in [2.05, 4.69) is 13.1 Å². The van der Waals surface area contributed by atoms with Crippen LogP contribution in [0.5, 0.6) is 0 Å². The summed E-state index contributed by atoms with van der Waals surface area (Å²) in [6.07, 6.45) is -6.21. The molecule has 11 heteroatoms. The lowest BCUT2D eigenvalue weighted by Crippen LogP contribution is -2.76. The molecule has 0 saturated carbocycles. The normalized spacial score (nSPS) is 47.7. The van der Waals surface area contributed by atoms with Crippen LogP contribution in [0.25, 0.3) is 0 Å². The highest BCUT2D eigenvalue weighted by atomic mass is 32.3. The Bertz CT molecular complexity index is 407. The summed E-state index contributed by atoms with van der Waals surface area (Å²) in [5.41, 5.74) is 0. The maximum Gasteiger partial charge on any atom is 0.409 e. The first-order valence-corrected chi connectivity index (χ1v) is 5.73. The van der Waals surface area contributed by atoms with Gasteiger partial charge in [-0.25, -0.2) is 0 Å². The molecule has 5 N–H and O–H groups in total. The maximum atomic E-state index is 10.7. The molecule has 2 heterocycles. The average Bonchev–Trinajstić information content (AvgIpc) is 2.21. The molecule has 4 atom stereocenters. The third-order valence-electron chi connectivity index (χ3n) is 2.45. The summed E-state index contributed by atoms with van der Waals surface area (Å²) in [7, 11) is -4.39. The first-order chi connectivity index (χ1) is 7.66. The lowest BCUT2D eigenvalue weighted by molar-refractivity contribution is -0.498. The van der Waals surface area contributed by atoms with Crippen LogP contribution < -0.4 is 0 Å². The van der Waals surface area contributed by atoms with Crippen LogP contribution >= 0.6 is 0 Å². The minimum atomic E-state index is -4.39. The fourth-order valence-corrected chi connectivity index (χ4v) is 2.41. The van der Waals surface area contributed by atoms with Gasteiger partial charge < -0.3 is 25.5 Å². The summed E-state index contributed by atoms with van der Waals surface area (Å²) >= 11 is 0. The van der Waals surface area contributed by atoms with Crippen molar-refractivity contribution in [3.05, 3.63) is 0 Å². The summed E-state index contributed by atoms with van der Waals surface area (Å²) in [6, 6.07) is 0. The predicted molar refractivity (Wildman–Crippen MR) is 45.0 cm³/mol. The standard InChI is InChI=1S/C6H10O10S/c7-1-5(11)3(9)2(8)4(10)6(14-5)15-17(12,13)16-6/h2-4,7-11H,1H2/t2-,3-,4-,5-/m0/s1. The van der Waals surface area contributed by atoms with Gasteiger partial charge in [0.15, 0.2) is 6.10 Å². The van der Waals surface area contributed by atoms with E-state index in [-0.39, 0.29) is 0 Å². The molecule has 2 saturated heterocycles. The molecule has 0 bridgehead atoms. The van der Waals surface area contributed by atoms with Crippen LogP contribution in [0, 0.1) is 0 Å². The number of rotatable bonds is 1. The van der Waals surface area contributed by atoms with E-state index in [0.717, 1.165) is 0 Å². The smallest absolute Gasteiger partial charge is 0.391 e. The number of hydrogen-bond acceptors (Lipinski definition) is 10. The SMILES string of the molecule is O=S1(=O)OC2(O[C@@](O)(CO)[C@@H](O)[C@H](O)[C@@H]2O)O1. The zero-order valence-electron chi connectivity index (χ0n) is 8.12. The van der Waals surface area contributed by atoms with Gasteiger partial charge in [0, 0.05) is 0 Å². The summed E-state index contributed by atoms with van der Waals surface area (Å²) < 4.78 is 34.1. The number of aliphatic hydroxyl groups is 5. The molecule has 17 heavy (non-hydrogen) atoms. The van der Waals surface area contributed by atoms with Gasteiger partial charge in [0.25, 0.3) is 0 Å². The van der Waals surface area contributed by atoms with E-state index >= 15 is 0 Å². The number of hydrogen-bond donors (Lipinski definition) is 5. The van der Waals surface area contributed by atoms with Crippen molar-refractivity contribution in [2.75, 3.05) is 6.61 Å². The summed E-state index contributed by atoms with van der Waals surface area (Å²) in [5.74, 6) is -5.40. The molecular formula is C6H10O10S. The van der Waals surface area contributed by atoms with Crippen LogP contribution in [0.15, 0.2) is 0 Å². The fraction of sp³-hybridized carbons (Fsp3) is 1.00. The highest BCUT2D eigenvalue weighted by Crippen LogP contribution is 2.44. The summed E-state index contributed by atoms with van der Waals surface area (Å²) in [4.78, 5) is 0. The van der Waals surface area contributed by atoms with Crippen LogP contribution in [0.2, 0.25) is 0 Å². The van der Waals surface area contributed by atoms with Gasteiger partial charge in [-0.1, -0.05) is 0 Å². The van der Waals surface area contributed by atoms with E-state index in [1.54, 1.807) is 0 Å². The minimum absolute atomic E-state index is 1.19. The van der Waals surface area contributed by atoms with Gasteiger partial charge in [-0.05, 0) is 0 Å². The topological polar surface area (TPSA) is 163 Å². The second-order valence-electron chi connectivity index (χ2n) is 3.66. The van der Waals surface area contributed by atoms with Gasteiger partial charge in [0.1, 0.15) is 18.8 Å². The molecule has 10 nitrogen and oxygen atoms in total. The Balaban J connectivity index is 2.31. The van der Waals surface area contributed by atoms with E-state index in [4.69, 9.17) is 5.11 Å². The molecule has 100 valence electrons. The van der Waals surface area contributed by atoms with Crippen molar-refractivity contribution in [2.24, 2.45) is 0 Å². The summed E-state index contributed by atoms with van der Waals surface area (Å²) in [6.45, 7) is -1.19. The predicted octanol–water partition coefficient (Wildman–Crippen LogP) is -4.27. The molecule has 0 aliphatic carbocycles. The Kier molecular flexibility index (Phi) is 2.74. The van der Waals surface area contributed by atoms with Crippen molar-refractivity contribution >= 4 is 10.4 Å². The molecule has 2 aliphatic rings. The Labute approximate surface area is 94.9 Å². The lowest BCUT2D eigenvalue weighted by atomic mass is 9.95. The first kappa shape index (κ1) is 13.1. The van der Waals surface area contributed by atoms with E-state index in [9.17, 15) is 28.8 Å². The van der Waals surface area contributed by atoms with Crippen LogP contribution in [-0.2, 0) is 23.5 Å². The number of aliphatic hydroxyl groups excluding tert-OH is 4. The zero-order valence-corrected chi connectivity index (χ0v) is 8.94. The van der Waals surface area contributed by atoms with Crippen LogP contribution in [0.3, 0.4) is 0 Å². The largest absolute Gasteiger partial charge is 0.409 e. The third kappa shape index (κ3) is 1.76. The quantitative estimate of drug-likeness (QED) is 0.316. The van der Waals surface area contributed by atoms with Crippen molar-refractivity contribution < 1.29 is 47.1 Å². The van der Waals surface area contributed by atoms with Gasteiger partial charge in [-0.3, -0.25) is 4.74 Å². The minimum Gasteiger partial charge on any atom is -0.391 e. The molecule has 0 radical (unpaired) electrons. The second-order valence-corrected chi connectivity index (χ2v) is 4.81. The van der Waals surface area contributed by atoms with Crippen molar-refractivity contribution in [3.63, 3.8) is 0 Å². The van der Waals surface area contributed by atoms with Crippen molar-refractivity contribution in [1.29, 1.82) is 0 Å². The highest BCUT2D eigenvalue weighted by molar-refractivity contribution is 7.82. The van der Waals surface area contributed by atoms with Gasteiger partial charge in [-0.15, -0.1) is 0 Å². The Morgan fingerprint density at radius 1 is 1.12 bits per heavy atom. The highest BCUT2D eigenvalue weighted by Gasteiger charge is 2.70. The molecule has 0 unspecified atom stereocenters. The van der Waals surface area contributed by atoms with E-state index in [1.807, 2.05) is 0 Å². The van der Waals surface area contributed by atoms with Crippen molar-refractivity contribution in [3.8, 4) is 0 Å². The Morgan fingerprint density at radius 2 is 1.65 bits per heavy atom. The molecular weight excluding hydrogens is 264 g/mol. The molecule has 2 rings (SSSR count).